The molecule has 130 valence electrons. The Bertz CT molecular complexity index is 888. The molecule has 0 radical (unpaired) electrons. The van der Waals surface area contributed by atoms with Crippen LogP contribution in [0.15, 0.2) is 42.5 Å². The number of carbonyl (C=O) groups is 1. The van der Waals surface area contributed by atoms with Crippen molar-refractivity contribution in [3.8, 4) is 5.75 Å². The second-order valence-corrected chi connectivity index (χ2v) is 7.19. The largest absolute Gasteiger partial charge is 0.483 e. The molecule has 25 heavy (non-hydrogen) atoms. The fourth-order valence-electron chi connectivity index (χ4n) is 2.55. The van der Waals surface area contributed by atoms with Crippen molar-refractivity contribution in [3.05, 3.63) is 53.6 Å². The molecule has 1 amide bonds. The third-order valence-corrected chi connectivity index (χ3v) is 5.23. The minimum atomic E-state index is -0.204. The van der Waals surface area contributed by atoms with Gasteiger partial charge in [-0.2, -0.15) is 0 Å². The van der Waals surface area contributed by atoms with Gasteiger partial charge in [-0.05, 0) is 48.6 Å². The maximum absolute atomic E-state index is 12.1. The molecule has 5 heteroatoms. The molecule has 0 saturated heterocycles. The zero-order chi connectivity index (χ0) is 17.8. The van der Waals surface area contributed by atoms with Crippen molar-refractivity contribution in [2.45, 2.75) is 33.1 Å². The van der Waals surface area contributed by atoms with Crippen LogP contribution in [0, 0.1) is 6.92 Å². The van der Waals surface area contributed by atoms with Crippen molar-refractivity contribution in [1.82, 2.24) is 4.98 Å². The van der Waals surface area contributed by atoms with Gasteiger partial charge in [0.05, 0.1) is 10.2 Å². The summed E-state index contributed by atoms with van der Waals surface area (Å²) in [5.74, 6) is 1.04. The van der Waals surface area contributed by atoms with Crippen molar-refractivity contribution in [3.63, 3.8) is 0 Å². The molecule has 0 saturated carbocycles. The molecule has 0 aliphatic rings. The molecule has 3 aromatic rings. The van der Waals surface area contributed by atoms with Gasteiger partial charge in [-0.25, -0.2) is 4.98 Å². The van der Waals surface area contributed by atoms with Crippen molar-refractivity contribution in [2.75, 3.05) is 11.9 Å². The number of hydrogen-bond donors (Lipinski definition) is 1. The molecule has 0 spiro atoms. The van der Waals surface area contributed by atoms with Crippen LogP contribution < -0.4 is 10.1 Å². The molecule has 0 aliphatic heterocycles. The van der Waals surface area contributed by atoms with Crippen molar-refractivity contribution < 1.29 is 9.53 Å². The number of amides is 1. The Balaban J connectivity index is 1.66. The average Bonchev–Trinajstić information content (AvgIpc) is 3.01. The molecule has 3 rings (SSSR count). The van der Waals surface area contributed by atoms with Crippen LogP contribution in [0.5, 0.6) is 5.75 Å². The number of rotatable bonds is 6. The first-order chi connectivity index (χ1) is 12.1. The molecule has 1 unspecified atom stereocenters. The van der Waals surface area contributed by atoms with Gasteiger partial charge in [0, 0.05) is 0 Å². The quantitative estimate of drug-likeness (QED) is 0.667. The predicted molar refractivity (Wildman–Crippen MR) is 104 cm³/mol. The fourth-order valence-corrected chi connectivity index (χ4v) is 3.48. The Morgan fingerprint density at radius 2 is 2.08 bits per heavy atom. The Morgan fingerprint density at radius 1 is 1.28 bits per heavy atom. The van der Waals surface area contributed by atoms with E-state index >= 15 is 0 Å². The van der Waals surface area contributed by atoms with Gasteiger partial charge in [0.25, 0.3) is 5.91 Å². The first-order valence-corrected chi connectivity index (χ1v) is 9.27. The summed E-state index contributed by atoms with van der Waals surface area (Å²) in [5.41, 5.74) is 3.22. The van der Waals surface area contributed by atoms with Gasteiger partial charge in [0.15, 0.2) is 11.7 Å². The monoisotopic (exact) mass is 354 g/mol. The van der Waals surface area contributed by atoms with Crippen LogP contribution in [0.4, 0.5) is 5.13 Å². The number of benzene rings is 2. The number of hydrogen-bond acceptors (Lipinski definition) is 4. The first kappa shape index (κ1) is 17.4. The number of para-hydroxylation sites is 1. The van der Waals surface area contributed by atoms with Crippen LogP contribution in [0.2, 0.25) is 0 Å². The second kappa shape index (κ2) is 7.66. The average molecular weight is 354 g/mol. The molecule has 4 nitrogen and oxygen atoms in total. The summed E-state index contributed by atoms with van der Waals surface area (Å²) >= 11 is 1.49. The molecule has 1 heterocycles. The van der Waals surface area contributed by atoms with Gasteiger partial charge in [-0.15, -0.1) is 0 Å². The van der Waals surface area contributed by atoms with Gasteiger partial charge in [0.2, 0.25) is 0 Å². The molecule has 1 aromatic heterocycles. The zero-order valence-electron chi connectivity index (χ0n) is 14.7. The molecule has 1 atom stereocenters. The lowest BCUT2D eigenvalue weighted by molar-refractivity contribution is -0.118. The van der Waals surface area contributed by atoms with Gasteiger partial charge in [-0.3, -0.25) is 10.1 Å². The smallest absolute Gasteiger partial charge is 0.264 e. The highest BCUT2D eigenvalue weighted by atomic mass is 32.1. The van der Waals surface area contributed by atoms with E-state index in [0.717, 1.165) is 28.0 Å². The number of aromatic nitrogens is 1. The number of aryl methyl sites for hydroxylation is 1. The Hall–Kier alpha value is -2.40. The number of fused-ring (bicyclic) bond motifs is 1. The van der Waals surface area contributed by atoms with E-state index in [1.165, 1.54) is 16.9 Å². The van der Waals surface area contributed by atoms with E-state index in [9.17, 15) is 4.79 Å². The summed E-state index contributed by atoms with van der Waals surface area (Å²) < 4.78 is 6.67. The van der Waals surface area contributed by atoms with Crippen LogP contribution >= 0.6 is 11.3 Å². The SMILES string of the molecule is CCC(C)c1ccc2nc(NC(=O)COc3ccccc3C)sc2c1. The Labute approximate surface area is 151 Å². The van der Waals surface area contributed by atoms with Crippen LogP contribution in [-0.2, 0) is 4.79 Å². The summed E-state index contributed by atoms with van der Waals surface area (Å²) in [6.07, 6.45) is 1.10. The summed E-state index contributed by atoms with van der Waals surface area (Å²) in [6.45, 7) is 6.32. The second-order valence-electron chi connectivity index (χ2n) is 6.16. The van der Waals surface area contributed by atoms with Crippen LogP contribution in [0.25, 0.3) is 10.2 Å². The molecule has 0 bridgehead atoms. The molecular formula is C20H22N2O2S. The molecule has 2 aromatic carbocycles. The summed E-state index contributed by atoms with van der Waals surface area (Å²) in [5, 5.41) is 3.43. The number of anilines is 1. The number of nitrogens with one attached hydrogen (secondary N) is 1. The number of thiazole rings is 1. The maximum atomic E-state index is 12.1. The number of nitrogens with zero attached hydrogens (tertiary/aromatic N) is 1. The lowest BCUT2D eigenvalue weighted by Crippen LogP contribution is -2.20. The van der Waals surface area contributed by atoms with E-state index in [0.29, 0.717) is 11.0 Å². The third kappa shape index (κ3) is 4.17. The number of ether oxygens (including phenoxy) is 1. The van der Waals surface area contributed by atoms with Crippen LogP contribution in [-0.4, -0.2) is 17.5 Å². The minimum Gasteiger partial charge on any atom is -0.483 e. The fraction of sp³-hybridized carbons (Fsp3) is 0.300. The van der Waals surface area contributed by atoms with E-state index in [1.807, 2.05) is 37.3 Å². The zero-order valence-corrected chi connectivity index (χ0v) is 15.5. The highest BCUT2D eigenvalue weighted by Crippen LogP contribution is 2.30. The molecule has 1 N–H and O–H groups in total. The van der Waals surface area contributed by atoms with E-state index in [4.69, 9.17) is 4.74 Å². The van der Waals surface area contributed by atoms with Crippen molar-refractivity contribution >= 4 is 32.6 Å². The van der Waals surface area contributed by atoms with Crippen LogP contribution in [0.3, 0.4) is 0 Å². The van der Waals surface area contributed by atoms with Crippen molar-refractivity contribution in [2.24, 2.45) is 0 Å². The minimum absolute atomic E-state index is 0.0289. The van der Waals surface area contributed by atoms with Gasteiger partial charge >= 0.3 is 0 Å². The Morgan fingerprint density at radius 3 is 2.84 bits per heavy atom. The molecular weight excluding hydrogens is 332 g/mol. The standard InChI is InChI=1S/C20H22N2O2S/c1-4-13(2)15-9-10-16-18(11-15)25-20(21-16)22-19(23)12-24-17-8-6-5-7-14(17)3/h5-11,13H,4,12H2,1-3H3,(H,21,22,23). The van der Waals surface area contributed by atoms with E-state index in [-0.39, 0.29) is 12.5 Å². The first-order valence-electron chi connectivity index (χ1n) is 8.45. The predicted octanol–water partition coefficient (Wildman–Crippen LogP) is 5.14. The lowest BCUT2D eigenvalue weighted by atomic mass is 9.99. The van der Waals surface area contributed by atoms with Crippen molar-refractivity contribution in [1.29, 1.82) is 0 Å². The van der Waals surface area contributed by atoms with Crippen LogP contribution in [0.1, 0.15) is 37.3 Å². The lowest BCUT2D eigenvalue weighted by Gasteiger charge is -2.07. The number of carbonyl (C=O) groups excluding carboxylic acids is 1. The third-order valence-electron chi connectivity index (χ3n) is 4.29. The van der Waals surface area contributed by atoms with E-state index < -0.39 is 0 Å². The van der Waals surface area contributed by atoms with Gasteiger partial charge in [-0.1, -0.05) is 49.4 Å². The maximum Gasteiger partial charge on any atom is 0.264 e. The highest BCUT2D eigenvalue weighted by Gasteiger charge is 2.11. The summed E-state index contributed by atoms with van der Waals surface area (Å²) in [7, 11) is 0. The summed E-state index contributed by atoms with van der Waals surface area (Å²) in [6, 6.07) is 13.9. The van der Waals surface area contributed by atoms with E-state index in [2.05, 4.69) is 36.3 Å². The Kier molecular flexibility index (Phi) is 5.34. The topological polar surface area (TPSA) is 51.2 Å². The van der Waals surface area contributed by atoms with Gasteiger partial charge in [0.1, 0.15) is 5.75 Å². The normalized spacial score (nSPS) is 12.1. The van der Waals surface area contributed by atoms with Gasteiger partial charge < -0.3 is 4.74 Å². The summed E-state index contributed by atoms with van der Waals surface area (Å²) in [4.78, 5) is 16.6. The highest BCUT2D eigenvalue weighted by molar-refractivity contribution is 7.22. The molecule has 0 fully saturated rings. The van der Waals surface area contributed by atoms with E-state index in [1.54, 1.807) is 0 Å². The molecule has 0 aliphatic carbocycles.